The first-order valence-electron chi connectivity index (χ1n) is 7.11. The quantitative estimate of drug-likeness (QED) is 0.758. The van der Waals surface area contributed by atoms with Gasteiger partial charge in [0.1, 0.15) is 6.17 Å². The topological polar surface area (TPSA) is 20.3 Å². The van der Waals surface area contributed by atoms with Crippen LogP contribution in [-0.2, 0) is 4.79 Å². The van der Waals surface area contributed by atoms with Crippen LogP contribution in [0, 0.1) is 17.8 Å². The van der Waals surface area contributed by atoms with Crippen molar-refractivity contribution in [3.8, 4) is 0 Å². The minimum absolute atomic E-state index is 0.117. The van der Waals surface area contributed by atoms with Crippen molar-refractivity contribution in [1.29, 1.82) is 0 Å². The molecule has 0 radical (unpaired) electrons. The number of amides is 1. The van der Waals surface area contributed by atoms with E-state index in [2.05, 4.69) is 0 Å². The summed E-state index contributed by atoms with van der Waals surface area (Å²) in [4.78, 5) is 13.8. The van der Waals surface area contributed by atoms with Crippen LogP contribution in [0.25, 0.3) is 0 Å². The van der Waals surface area contributed by atoms with Gasteiger partial charge in [0.2, 0.25) is 11.8 Å². The summed E-state index contributed by atoms with van der Waals surface area (Å²) in [6, 6.07) is 0. The third kappa shape index (κ3) is 3.23. The van der Waals surface area contributed by atoms with Crippen LogP contribution in [0.15, 0.2) is 0 Å². The Morgan fingerprint density at radius 3 is 2.26 bits per heavy atom. The summed E-state index contributed by atoms with van der Waals surface area (Å²) >= 11 is 0. The molecule has 1 saturated carbocycles. The first-order chi connectivity index (χ1) is 8.80. The summed E-state index contributed by atoms with van der Waals surface area (Å²) in [6.07, 6.45) is -0.959. The average Bonchev–Trinajstić information content (AvgIpc) is 2.70. The summed E-state index contributed by atoms with van der Waals surface area (Å²) in [5, 5.41) is 0. The smallest absolute Gasteiger partial charge is 0.248 e. The van der Waals surface area contributed by atoms with Gasteiger partial charge in [-0.15, -0.1) is 0 Å². The van der Waals surface area contributed by atoms with E-state index in [0.29, 0.717) is 6.54 Å². The van der Waals surface area contributed by atoms with Gasteiger partial charge in [0.05, 0.1) is 6.54 Å². The fourth-order valence-corrected chi connectivity index (χ4v) is 3.14. The summed E-state index contributed by atoms with van der Waals surface area (Å²) < 4.78 is 40.0. The minimum Gasteiger partial charge on any atom is -0.339 e. The Kier molecular flexibility index (Phi) is 4.11. The third-order valence-electron chi connectivity index (χ3n) is 4.52. The summed E-state index contributed by atoms with van der Waals surface area (Å²) in [7, 11) is 0. The van der Waals surface area contributed by atoms with Crippen LogP contribution >= 0.6 is 0 Å². The fraction of sp³-hybridized carbons (Fsp3) is 0.929. The molecule has 2 rings (SSSR count). The molecule has 1 saturated heterocycles. The van der Waals surface area contributed by atoms with Gasteiger partial charge < -0.3 is 4.90 Å². The zero-order valence-corrected chi connectivity index (χ0v) is 11.5. The van der Waals surface area contributed by atoms with Gasteiger partial charge >= 0.3 is 0 Å². The molecule has 2 fully saturated rings. The van der Waals surface area contributed by atoms with Gasteiger partial charge in [0.25, 0.3) is 0 Å². The Morgan fingerprint density at radius 1 is 1.21 bits per heavy atom. The second-order valence-electron chi connectivity index (χ2n) is 6.30. The Morgan fingerprint density at radius 2 is 1.79 bits per heavy atom. The van der Waals surface area contributed by atoms with Crippen molar-refractivity contribution >= 4 is 5.91 Å². The first kappa shape index (κ1) is 14.7. The Labute approximate surface area is 112 Å². The van der Waals surface area contributed by atoms with Gasteiger partial charge in [-0.2, -0.15) is 0 Å². The maximum absolute atomic E-state index is 13.8. The maximum atomic E-state index is 13.8. The highest BCUT2D eigenvalue weighted by atomic mass is 19.3. The van der Waals surface area contributed by atoms with Crippen LogP contribution in [0.3, 0.4) is 0 Å². The molecule has 19 heavy (non-hydrogen) atoms. The second kappa shape index (κ2) is 5.33. The molecule has 0 N–H and O–H groups in total. The van der Waals surface area contributed by atoms with Crippen molar-refractivity contribution in [1.82, 2.24) is 4.90 Å². The molecular weight excluding hydrogens is 255 g/mol. The van der Waals surface area contributed by atoms with E-state index in [1.165, 1.54) is 0 Å². The number of likely N-dealkylation sites (tertiary alicyclic amines) is 1. The molecule has 0 aromatic rings. The predicted octanol–water partition coefficient (Wildman–Crippen LogP) is 3.26. The summed E-state index contributed by atoms with van der Waals surface area (Å²) in [5.74, 6) is -3.00. The van der Waals surface area contributed by atoms with Crippen molar-refractivity contribution in [2.45, 2.75) is 51.6 Å². The molecule has 1 aliphatic heterocycles. The van der Waals surface area contributed by atoms with Crippen molar-refractivity contribution in [3.63, 3.8) is 0 Å². The molecule has 2 atom stereocenters. The van der Waals surface area contributed by atoms with Gasteiger partial charge in [0, 0.05) is 31.2 Å². The van der Waals surface area contributed by atoms with Gasteiger partial charge in [-0.05, 0) is 18.8 Å². The van der Waals surface area contributed by atoms with Crippen LogP contribution in [0.4, 0.5) is 13.2 Å². The van der Waals surface area contributed by atoms with Crippen LogP contribution < -0.4 is 0 Å². The van der Waals surface area contributed by atoms with E-state index in [4.69, 9.17) is 0 Å². The monoisotopic (exact) mass is 277 g/mol. The molecule has 2 nitrogen and oxygen atoms in total. The van der Waals surface area contributed by atoms with Gasteiger partial charge in [-0.1, -0.05) is 13.8 Å². The molecule has 1 aliphatic carbocycles. The van der Waals surface area contributed by atoms with Crippen LogP contribution in [0.5, 0.6) is 0 Å². The highest BCUT2D eigenvalue weighted by Crippen LogP contribution is 2.38. The molecule has 0 spiro atoms. The molecule has 1 amide bonds. The van der Waals surface area contributed by atoms with Crippen LogP contribution in [-0.4, -0.2) is 36.0 Å². The number of nitrogens with zero attached hydrogens (tertiary/aromatic N) is 1. The largest absolute Gasteiger partial charge is 0.339 e. The molecule has 0 aromatic heterocycles. The van der Waals surface area contributed by atoms with E-state index < -0.39 is 12.1 Å². The second-order valence-corrected chi connectivity index (χ2v) is 6.30. The molecule has 0 aromatic carbocycles. The van der Waals surface area contributed by atoms with E-state index >= 15 is 0 Å². The van der Waals surface area contributed by atoms with E-state index in [0.717, 1.165) is 0 Å². The lowest BCUT2D eigenvalue weighted by Gasteiger charge is -2.30. The lowest BCUT2D eigenvalue weighted by Crippen LogP contribution is -2.38. The third-order valence-corrected chi connectivity index (χ3v) is 4.52. The predicted molar refractivity (Wildman–Crippen MR) is 66.7 cm³/mol. The normalized spacial score (nSPS) is 32.0. The van der Waals surface area contributed by atoms with Gasteiger partial charge in [-0.3, -0.25) is 4.79 Å². The number of carbonyl (C=O) groups is 1. The first-order valence-corrected chi connectivity index (χ1v) is 7.11. The highest BCUT2D eigenvalue weighted by molar-refractivity contribution is 5.79. The lowest BCUT2D eigenvalue weighted by molar-refractivity contribution is -0.138. The molecular formula is C14H22F3NO. The fourth-order valence-electron chi connectivity index (χ4n) is 3.14. The minimum atomic E-state index is -2.62. The number of hydrogen-bond donors (Lipinski definition) is 0. The standard InChI is InChI=1S/C14H22F3NO/c1-9(2)11-7-18(8-12(11)15)13(19)10-3-5-14(16,17)6-4-10/h9-12H,3-8H2,1-2H3/t11-,12?/m0/s1. The zero-order chi connectivity index (χ0) is 14.2. The molecule has 0 bridgehead atoms. The molecule has 1 heterocycles. The van der Waals surface area contributed by atoms with E-state index in [-0.39, 0.29) is 55.9 Å². The van der Waals surface area contributed by atoms with Crippen molar-refractivity contribution in [2.75, 3.05) is 13.1 Å². The summed E-state index contributed by atoms with van der Waals surface area (Å²) in [5.41, 5.74) is 0. The van der Waals surface area contributed by atoms with E-state index in [9.17, 15) is 18.0 Å². The Hall–Kier alpha value is -0.740. The average molecular weight is 277 g/mol. The molecule has 2 aliphatic rings. The zero-order valence-electron chi connectivity index (χ0n) is 11.5. The van der Waals surface area contributed by atoms with Crippen molar-refractivity contribution < 1.29 is 18.0 Å². The Bertz CT molecular complexity index is 336. The van der Waals surface area contributed by atoms with E-state index in [1.54, 1.807) is 4.90 Å². The van der Waals surface area contributed by atoms with Gasteiger partial charge in [-0.25, -0.2) is 13.2 Å². The molecule has 110 valence electrons. The van der Waals surface area contributed by atoms with Crippen molar-refractivity contribution in [3.05, 3.63) is 0 Å². The molecule has 1 unspecified atom stereocenters. The van der Waals surface area contributed by atoms with Crippen LogP contribution in [0.2, 0.25) is 0 Å². The number of hydrogen-bond acceptors (Lipinski definition) is 1. The lowest BCUT2D eigenvalue weighted by atomic mass is 9.86. The number of carbonyl (C=O) groups excluding carboxylic acids is 1. The highest BCUT2D eigenvalue weighted by Gasteiger charge is 2.42. The Balaban J connectivity index is 1.91. The summed E-state index contributed by atoms with van der Waals surface area (Å²) in [6.45, 7) is 4.47. The maximum Gasteiger partial charge on any atom is 0.248 e. The number of rotatable bonds is 2. The molecule has 5 heteroatoms. The number of halogens is 3. The number of alkyl halides is 3. The van der Waals surface area contributed by atoms with Gasteiger partial charge in [0.15, 0.2) is 0 Å². The SMILES string of the molecule is CC(C)[C@@H]1CN(C(=O)C2CCC(F)(F)CC2)CC1F. The van der Waals surface area contributed by atoms with Crippen LogP contribution in [0.1, 0.15) is 39.5 Å². The van der Waals surface area contributed by atoms with E-state index in [1.807, 2.05) is 13.8 Å². The van der Waals surface area contributed by atoms with Crippen molar-refractivity contribution in [2.24, 2.45) is 17.8 Å².